The molecule has 0 aliphatic heterocycles. The molecule has 0 aromatic heterocycles. The van der Waals surface area contributed by atoms with Crippen LogP contribution in [0.15, 0.2) is 42.5 Å². The molecule has 0 radical (unpaired) electrons. The first-order valence-electron chi connectivity index (χ1n) is 17.6. The normalized spacial score (nSPS) is 11.5. The van der Waals surface area contributed by atoms with Gasteiger partial charge in [0.15, 0.2) is 0 Å². The van der Waals surface area contributed by atoms with Crippen molar-refractivity contribution in [1.29, 1.82) is 0 Å². The molecular weight excluding hydrogens is 656 g/mol. The van der Waals surface area contributed by atoms with Gasteiger partial charge in [-0.15, -0.1) is 0 Å². The Morgan fingerprint density at radius 1 is 0.300 bits per heavy atom. The standard InChI is InChI=1S/C36H60O14/c37-8-9-38-10-11-39-12-13-40-14-15-41-16-17-42-18-19-43-20-21-44-22-23-45-24-25-46-26-27-47-28-29-48-30-31-49-32-33-50-36-7-3-5-34-4-1-2-6-35(34)36/h1-7,37H,8-33H2. The minimum absolute atomic E-state index is 0.0237. The minimum atomic E-state index is 0.0237. The van der Waals surface area contributed by atoms with Crippen molar-refractivity contribution in [2.45, 2.75) is 0 Å². The molecule has 14 heteroatoms. The van der Waals surface area contributed by atoms with Gasteiger partial charge in [0.2, 0.25) is 0 Å². The number of ether oxygens (including phenoxy) is 13. The summed E-state index contributed by atoms with van der Waals surface area (Å²) >= 11 is 0. The number of aliphatic hydroxyl groups excluding tert-OH is 1. The van der Waals surface area contributed by atoms with Gasteiger partial charge < -0.3 is 66.7 Å². The first kappa shape index (κ1) is 44.1. The predicted molar refractivity (Wildman–Crippen MR) is 186 cm³/mol. The second-order valence-corrected chi connectivity index (χ2v) is 10.4. The summed E-state index contributed by atoms with van der Waals surface area (Å²) in [7, 11) is 0. The van der Waals surface area contributed by atoms with Crippen LogP contribution in [0.2, 0.25) is 0 Å². The van der Waals surface area contributed by atoms with Crippen LogP contribution in [0.1, 0.15) is 0 Å². The summed E-state index contributed by atoms with van der Waals surface area (Å²) in [5.74, 6) is 0.870. The molecule has 0 bridgehead atoms. The minimum Gasteiger partial charge on any atom is -0.491 e. The van der Waals surface area contributed by atoms with Crippen LogP contribution >= 0.6 is 0 Å². The average molecular weight is 717 g/mol. The highest BCUT2D eigenvalue weighted by molar-refractivity contribution is 5.88. The fourth-order valence-corrected chi connectivity index (χ4v) is 4.12. The third-order valence-electron chi connectivity index (χ3n) is 6.56. The molecule has 0 unspecified atom stereocenters. The molecule has 0 fully saturated rings. The van der Waals surface area contributed by atoms with E-state index < -0.39 is 0 Å². The van der Waals surface area contributed by atoms with Crippen LogP contribution in [0.25, 0.3) is 10.8 Å². The zero-order valence-corrected chi connectivity index (χ0v) is 29.7. The fourth-order valence-electron chi connectivity index (χ4n) is 4.12. The highest BCUT2D eigenvalue weighted by atomic mass is 16.6. The number of benzene rings is 2. The Labute approximate surface area is 297 Å². The largest absolute Gasteiger partial charge is 0.491 e. The molecule has 0 saturated carbocycles. The van der Waals surface area contributed by atoms with Crippen molar-refractivity contribution in [3.8, 4) is 5.75 Å². The molecule has 1 N–H and O–H groups in total. The first-order valence-corrected chi connectivity index (χ1v) is 17.6. The maximum atomic E-state index is 8.59. The Bertz CT molecular complexity index is 979. The van der Waals surface area contributed by atoms with Crippen molar-refractivity contribution < 1.29 is 66.7 Å². The summed E-state index contributed by atoms with van der Waals surface area (Å²) in [6.07, 6.45) is 0. The molecule has 0 aliphatic carbocycles. The van der Waals surface area contributed by atoms with E-state index in [0.29, 0.717) is 165 Å². The lowest BCUT2D eigenvalue weighted by Crippen LogP contribution is -2.15. The van der Waals surface area contributed by atoms with Crippen LogP contribution in [0.4, 0.5) is 0 Å². The summed E-state index contributed by atoms with van der Waals surface area (Å²) in [5.41, 5.74) is 0. The molecule has 50 heavy (non-hydrogen) atoms. The highest BCUT2D eigenvalue weighted by Crippen LogP contribution is 2.24. The van der Waals surface area contributed by atoms with E-state index in [1.807, 2.05) is 24.3 Å². The van der Waals surface area contributed by atoms with Gasteiger partial charge in [0, 0.05) is 5.39 Å². The third-order valence-corrected chi connectivity index (χ3v) is 6.56. The lowest BCUT2D eigenvalue weighted by Gasteiger charge is -2.10. The lowest BCUT2D eigenvalue weighted by molar-refractivity contribution is -0.0287. The van der Waals surface area contributed by atoms with E-state index in [1.165, 1.54) is 0 Å². The maximum absolute atomic E-state index is 8.59. The zero-order valence-electron chi connectivity index (χ0n) is 29.7. The molecule has 2 rings (SSSR count). The second-order valence-electron chi connectivity index (χ2n) is 10.4. The Morgan fingerprint density at radius 2 is 0.580 bits per heavy atom. The monoisotopic (exact) mass is 716 g/mol. The smallest absolute Gasteiger partial charge is 0.127 e. The van der Waals surface area contributed by atoms with Gasteiger partial charge in [-0.25, -0.2) is 0 Å². The van der Waals surface area contributed by atoms with Gasteiger partial charge in [-0.2, -0.15) is 0 Å². The predicted octanol–water partition coefficient (Wildman–Crippen LogP) is 2.41. The topological polar surface area (TPSA) is 140 Å². The molecule has 0 spiro atoms. The summed E-state index contributed by atoms with van der Waals surface area (Å²) < 4.78 is 71.2. The van der Waals surface area contributed by atoms with Crippen LogP contribution in [0.5, 0.6) is 5.75 Å². The van der Waals surface area contributed by atoms with Gasteiger partial charge in [-0.1, -0.05) is 36.4 Å². The van der Waals surface area contributed by atoms with Crippen LogP contribution in [0.3, 0.4) is 0 Å². The second kappa shape index (κ2) is 35.4. The van der Waals surface area contributed by atoms with Gasteiger partial charge in [0.25, 0.3) is 0 Å². The molecular formula is C36H60O14. The van der Waals surface area contributed by atoms with E-state index in [4.69, 9.17) is 66.7 Å². The number of hydrogen-bond donors (Lipinski definition) is 1. The number of hydrogen-bond acceptors (Lipinski definition) is 14. The molecule has 0 saturated heterocycles. The van der Waals surface area contributed by atoms with E-state index in [2.05, 4.69) is 18.2 Å². The SMILES string of the molecule is OCCOCCOCCOCCOCCOCCOCCOCCOCCOCCOCCOCCOCCOc1cccc2ccccc12. The number of fused-ring (bicyclic) bond motifs is 1. The fraction of sp³-hybridized carbons (Fsp3) is 0.722. The van der Waals surface area contributed by atoms with Crippen LogP contribution in [0, 0.1) is 0 Å². The molecule has 0 atom stereocenters. The van der Waals surface area contributed by atoms with E-state index >= 15 is 0 Å². The van der Waals surface area contributed by atoms with Crippen molar-refractivity contribution in [2.75, 3.05) is 172 Å². The number of rotatable bonds is 39. The van der Waals surface area contributed by atoms with E-state index in [0.717, 1.165) is 16.5 Å². The Hall–Kier alpha value is -2.02. The Balaban J connectivity index is 1.16. The molecule has 0 amide bonds. The third kappa shape index (κ3) is 26.7. The van der Waals surface area contributed by atoms with Gasteiger partial charge in [-0.3, -0.25) is 0 Å². The van der Waals surface area contributed by atoms with Gasteiger partial charge >= 0.3 is 0 Å². The van der Waals surface area contributed by atoms with Crippen LogP contribution < -0.4 is 4.74 Å². The van der Waals surface area contributed by atoms with E-state index in [9.17, 15) is 0 Å². The van der Waals surface area contributed by atoms with E-state index in [-0.39, 0.29) is 6.61 Å². The van der Waals surface area contributed by atoms with Gasteiger partial charge in [0.1, 0.15) is 12.4 Å². The molecule has 288 valence electrons. The summed E-state index contributed by atoms with van der Waals surface area (Å²) in [6.45, 7) is 12.4. The maximum Gasteiger partial charge on any atom is 0.127 e. The summed E-state index contributed by atoms with van der Waals surface area (Å²) in [6, 6.07) is 14.2. The summed E-state index contributed by atoms with van der Waals surface area (Å²) in [4.78, 5) is 0. The highest BCUT2D eigenvalue weighted by Gasteiger charge is 2.01. The van der Waals surface area contributed by atoms with Crippen molar-refractivity contribution >= 4 is 10.8 Å². The average Bonchev–Trinajstić information content (AvgIpc) is 3.14. The van der Waals surface area contributed by atoms with Crippen LogP contribution in [-0.2, 0) is 56.8 Å². The Kier molecular flexibility index (Phi) is 31.2. The molecule has 14 nitrogen and oxygen atoms in total. The van der Waals surface area contributed by atoms with Crippen LogP contribution in [-0.4, -0.2) is 177 Å². The number of aliphatic hydroxyl groups is 1. The van der Waals surface area contributed by atoms with Gasteiger partial charge in [-0.05, 0) is 11.5 Å². The van der Waals surface area contributed by atoms with Crippen molar-refractivity contribution in [1.82, 2.24) is 0 Å². The molecule has 0 heterocycles. The zero-order chi connectivity index (χ0) is 35.3. The molecule has 2 aromatic carbocycles. The summed E-state index contributed by atoms with van der Waals surface area (Å²) in [5, 5.41) is 10.9. The first-order chi connectivity index (χ1) is 24.9. The van der Waals surface area contributed by atoms with Gasteiger partial charge in [0.05, 0.1) is 165 Å². The molecule has 0 aliphatic rings. The molecule has 2 aromatic rings. The van der Waals surface area contributed by atoms with Crippen molar-refractivity contribution in [3.05, 3.63) is 42.5 Å². The van der Waals surface area contributed by atoms with Crippen molar-refractivity contribution in [3.63, 3.8) is 0 Å². The van der Waals surface area contributed by atoms with E-state index in [1.54, 1.807) is 0 Å². The van der Waals surface area contributed by atoms with Crippen molar-refractivity contribution in [2.24, 2.45) is 0 Å². The Morgan fingerprint density at radius 3 is 0.920 bits per heavy atom. The lowest BCUT2D eigenvalue weighted by atomic mass is 10.1. The quantitative estimate of drug-likeness (QED) is 0.101.